The van der Waals surface area contributed by atoms with E-state index in [1.54, 1.807) is 0 Å². The van der Waals surface area contributed by atoms with Crippen LogP contribution in [0.4, 0.5) is 0 Å². The van der Waals surface area contributed by atoms with Crippen molar-refractivity contribution in [3.05, 3.63) is 28.8 Å². The third kappa shape index (κ3) is 5.48. The number of carbonyl (C=O) groups excluding carboxylic acids is 2. The highest BCUT2D eigenvalue weighted by molar-refractivity contribution is 5.78. The van der Waals surface area contributed by atoms with E-state index >= 15 is 0 Å². The van der Waals surface area contributed by atoms with Gasteiger partial charge in [0.25, 0.3) is 5.91 Å². The first kappa shape index (κ1) is 20.3. The van der Waals surface area contributed by atoms with Crippen molar-refractivity contribution >= 4 is 11.8 Å². The molecule has 2 amide bonds. The summed E-state index contributed by atoms with van der Waals surface area (Å²) in [7, 11) is 0. The van der Waals surface area contributed by atoms with E-state index in [2.05, 4.69) is 11.4 Å². The SMILES string of the molecule is Cc1ccc(C)c(OCC(=O)N2CCC(NC(=O)CC(C)C)CC2)c1C. The van der Waals surface area contributed by atoms with Crippen LogP contribution < -0.4 is 10.1 Å². The molecule has 0 spiro atoms. The Kier molecular flexibility index (Phi) is 7.06. The van der Waals surface area contributed by atoms with Crippen LogP contribution in [0.15, 0.2) is 12.1 Å². The number of nitrogens with one attached hydrogen (secondary N) is 1. The second-order valence-corrected chi connectivity index (χ2v) is 7.76. The van der Waals surface area contributed by atoms with Gasteiger partial charge in [-0.15, -0.1) is 0 Å². The maximum Gasteiger partial charge on any atom is 0.260 e. The lowest BCUT2D eigenvalue weighted by Gasteiger charge is -2.32. The molecule has 1 aromatic carbocycles. The number of benzene rings is 1. The smallest absolute Gasteiger partial charge is 0.260 e. The van der Waals surface area contributed by atoms with Crippen molar-refractivity contribution in [2.75, 3.05) is 19.7 Å². The average molecular weight is 360 g/mol. The van der Waals surface area contributed by atoms with Crippen LogP contribution in [0.2, 0.25) is 0 Å². The first-order valence-electron chi connectivity index (χ1n) is 9.54. The van der Waals surface area contributed by atoms with Crippen molar-refractivity contribution in [3.8, 4) is 5.75 Å². The van der Waals surface area contributed by atoms with Gasteiger partial charge in [-0.2, -0.15) is 0 Å². The van der Waals surface area contributed by atoms with Gasteiger partial charge in [-0.05, 0) is 56.2 Å². The molecule has 144 valence electrons. The van der Waals surface area contributed by atoms with E-state index in [0.29, 0.717) is 25.4 Å². The highest BCUT2D eigenvalue weighted by Gasteiger charge is 2.24. The molecule has 0 atom stereocenters. The number of carbonyl (C=O) groups is 2. The van der Waals surface area contributed by atoms with Crippen molar-refractivity contribution < 1.29 is 14.3 Å². The van der Waals surface area contributed by atoms with Crippen LogP contribution in [-0.2, 0) is 9.59 Å². The Morgan fingerprint density at radius 1 is 1.15 bits per heavy atom. The lowest BCUT2D eigenvalue weighted by atomic mass is 10.0. The number of hydrogen-bond donors (Lipinski definition) is 1. The van der Waals surface area contributed by atoms with E-state index in [-0.39, 0.29) is 24.5 Å². The maximum atomic E-state index is 12.5. The first-order chi connectivity index (χ1) is 12.3. The van der Waals surface area contributed by atoms with Gasteiger partial charge in [-0.25, -0.2) is 0 Å². The topological polar surface area (TPSA) is 58.6 Å². The van der Waals surface area contributed by atoms with Crippen molar-refractivity contribution in [2.24, 2.45) is 5.92 Å². The summed E-state index contributed by atoms with van der Waals surface area (Å²) in [6.07, 6.45) is 2.17. The minimum absolute atomic E-state index is 0.0114. The second kappa shape index (κ2) is 9.06. The molecule has 5 nitrogen and oxygen atoms in total. The van der Waals surface area contributed by atoms with Gasteiger partial charge in [0.2, 0.25) is 5.91 Å². The minimum atomic E-state index is 0.0114. The Morgan fingerprint density at radius 2 is 1.77 bits per heavy atom. The summed E-state index contributed by atoms with van der Waals surface area (Å²) in [5.74, 6) is 1.30. The lowest BCUT2D eigenvalue weighted by molar-refractivity contribution is -0.134. The number of likely N-dealkylation sites (tertiary alicyclic amines) is 1. The van der Waals surface area contributed by atoms with E-state index in [1.807, 2.05) is 45.6 Å². The molecule has 0 saturated carbocycles. The van der Waals surface area contributed by atoms with E-state index in [0.717, 1.165) is 35.3 Å². The van der Waals surface area contributed by atoms with Gasteiger partial charge in [0, 0.05) is 25.6 Å². The molecule has 1 fully saturated rings. The highest BCUT2D eigenvalue weighted by Crippen LogP contribution is 2.25. The van der Waals surface area contributed by atoms with Crippen molar-refractivity contribution in [3.63, 3.8) is 0 Å². The first-order valence-corrected chi connectivity index (χ1v) is 9.54. The Morgan fingerprint density at radius 3 is 2.38 bits per heavy atom. The zero-order valence-corrected chi connectivity index (χ0v) is 16.7. The van der Waals surface area contributed by atoms with Crippen molar-refractivity contribution in [2.45, 2.75) is 59.9 Å². The van der Waals surface area contributed by atoms with Crippen LogP contribution in [0, 0.1) is 26.7 Å². The summed E-state index contributed by atoms with van der Waals surface area (Å²) in [5.41, 5.74) is 3.30. The molecule has 0 bridgehead atoms. The van der Waals surface area contributed by atoms with Crippen LogP contribution in [0.5, 0.6) is 5.75 Å². The Balaban J connectivity index is 1.80. The van der Waals surface area contributed by atoms with Gasteiger partial charge in [0.05, 0.1) is 0 Å². The van der Waals surface area contributed by atoms with E-state index in [1.165, 1.54) is 0 Å². The zero-order chi connectivity index (χ0) is 19.3. The summed E-state index contributed by atoms with van der Waals surface area (Å²) in [6.45, 7) is 11.5. The summed E-state index contributed by atoms with van der Waals surface area (Å²) in [5, 5.41) is 3.08. The minimum Gasteiger partial charge on any atom is -0.483 e. The number of amides is 2. The molecule has 1 aromatic rings. The average Bonchev–Trinajstić information content (AvgIpc) is 2.58. The van der Waals surface area contributed by atoms with Crippen molar-refractivity contribution in [1.29, 1.82) is 0 Å². The Labute approximate surface area is 157 Å². The number of piperidine rings is 1. The molecule has 5 heteroatoms. The van der Waals surface area contributed by atoms with Crippen LogP contribution in [-0.4, -0.2) is 42.5 Å². The molecule has 1 N–H and O–H groups in total. The van der Waals surface area contributed by atoms with Gasteiger partial charge in [0.15, 0.2) is 6.61 Å². The molecule has 0 unspecified atom stereocenters. The van der Waals surface area contributed by atoms with Crippen LogP contribution >= 0.6 is 0 Å². The van der Waals surface area contributed by atoms with E-state index in [4.69, 9.17) is 4.74 Å². The number of hydrogen-bond acceptors (Lipinski definition) is 3. The van der Waals surface area contributed by atoms with Gasteiger partial charge < -0.3 is 15.0 Å². The standard InChI is InChI=1S/C21H32N2O3/c1-14(2)12-19(24)22-18-8-10-23(11-9-18)20(25)13-26-21-16(4)7-6-15(3)17(21)5/h6-7,14,18H,8-13H2,1-5H3,(H,22,24). The van der Waals surface area contributed by atoms with E-state index in [9.17, 15) is 9.59 Å². The van der Waals surface area contributed by atoms with Crippen LogP contribution in [0.25, 0.3) is 0 Å². The van der Waals surface area contributed by atoms with Crippen LogP contribution in [0.1, 0.15) is 49.8 Å². The number of aryl methyl sites for hydroxylation is 2. The monoisotopic (exact) mass is 360 g/mol. The number of rotatable bonds is 6. The summed E-state index contributed by atoms with van der Waals surface area (Å²) in [6, 6.07) is 4.26. The summed E-state index contributed by atoms with van der Waals surface area (Å²) >= 11 is 0. The highest BCUT2D eigenvalue weighted by atomic mass is 16.5. The molecule has 26 heavy (non-hydrogen) atoms. The van der Waals surface area contributed by atoms with E-state index < -0.39 is 0 Å². The summed E-state index contributed by atoms with van der Waals surface area (Å²) in [4.78, 5) is 26.2. The quantitative estimate of drug-likeness (QED) is 0.848. The molecule has 2 rings (SSSR count). The molecule has 1 aliphatic heterocycles. The molecule has 0 aromatic heterocycles. The maximum absolute atomic E-state index is 12.5. The fourth-order valence-electron chi connectivity index (χ4n) is 3.30. The Hall–Kier alpha value is -2.04. The molecule has 1 heterocycles. The molecule has 0 aliphatic carbocycles. The van der Waals surface area contributed by atoms with Crippen molar-refractivity contribution in [1.82, 2.24) is 10.2 Å². The van der Waals surface area contributed by atoms with Gasteiger partial charge in [-0.3, -0.25) is 9.59 Å². The van der Waals surface area contributed by atoms with Gasteiger partial charge >= 0.3 is 0 Å². The lowest BCUT2D eigenvalue weighted by Crippen LogP contribution is -2.47. The fourth-order valence-corrected chi connectivity index (χ4v) is 3.30. The molecule has 1 saturated heterocycles. The number of ether oxygens (including phenoxy) is 1. The number of nitrogens with zero attached hydrogens (tertiary/aromatic N) is 1. The third-order valence-electron chi connectivity index (χ3n) is 5.02. The van der Waals surface area contributed by atoms with Gasteiger partial charge in [0.1, 0.15) is 5.75 Å². The zero-order valence-electron chi connectivity index (χ0n) is 16.7. The van der Waals surface area contributed by atoms with Crippen LogP contribution in [0.3, 0.4) is 0 Å². The largest absolute Gasteiger partial charge is 0.483 e. The molecule has 1 aliphatic rings. The normalized spacial score (nSPS) is 15.2. The predicted molar refractivity (Wildman–Crippen MR) is 103 cm³/mol. The summed E-state index contributed by atoms with van der Waals surface area (Å²) < 4.78 is 5.84. The predicted octanol–water partition coefficient (Wildman–Crippen LogP) is 3.14. The molecular formula is C21H32N2O3. The third-order valence-corrected chi connectivity index (χ3v) is 5.02. The Bertz CT molecular complexity index is 647. The fraction of sp³-hybridized carbons (Fsp3) is 0.619. The second-order valence-electron chi connectivity index (χ2n) is 7.76. The molecular weight excluding hydrogens is 328 g/mol. The van der Waals surface area contributed by atoms with Gasteiger partial charge in [-0.1, -0.05) is 26.0 Å². The molecule has 0 radical (unpaired) electrons.